The second-order valence-electron chi connectivity index (χ2n) is 9.07. The molecule has 0 bridgehead atoms. The molecule has 0 saturated heterocycles. The number of rotatable bonds is 8. The molecular weight excluding hydrogens is 431 g/mol. The first-order chi connectivity index (χ1) is 15.6. The quantitative estimate of drug-likeness (QED) is 0.464. The van der Waals surface area contributed by atoms with Crippen molar-refractivity contribution < 1.29 is 27.8 Å². The summed E-state index contributed by atoms with van der Waals surface area (Å²) in [5.41, 5.74) is 5.25. The Hall–Kier alpha value is -2.61. The molecule has 3 aromatic rings. The number of hydrogen-bond acceptors (Lipinski definition) is 4. The van der Waals surface area contributed by atoms with Crippen molar-refractivity contribution in [1.29, 1.82) is 0 Å². The van der Waals surface area contributed by atoms with Crippen molar-refractivity contribution in [3.63, 3.8) is 0 Å². The van der Waals surface area contributed by atoms with Gasteiger partial charge in [-0.25, -0.2) is 0 Å². The predicted molar refractivity (Wildman–Crippen MR) is 121 cm³/mol. The number of ether oxygens (including phenoxy) is 2. The van der Waals surface area contributed by atoms with Crippen LogP contribution in [0.2, 0.25) is 0 Å². The maximum Gasteiger partial charge on any atom is 0.417 e. The van der Waals surface area contributed by atoms with Gasteiger partial charge in [-0.3, -0.25) is 0 Å². The Balaban J connectivity index is 1.69. The molecule has 1 saturated carbocycles. The smallest absolute Gasteiger partial charge is 0.417 e. The fraction of sp³-hybridized carbons (Fsp3) is 0.385. The van der Waals surface area contributed by atoms with Crippen molar-refractivity contribution in [3.05, 3.63) is 77.4 Å². The van der Waals surface area contributed by atoms with Gasteiger partial charge in [0.2, 0.25) is 0 Å². The van der Waals surface area contributed by atoms with Crippen molar-refractivity contribution >= 4 is 10.8 Å². The van der Waals surface area contributed by atoms with Crippen molar-refractivity contribution in [1.82, 2.24) is 0 Å². The fourth-order valence-electron chi connectivity index (χ4n) is 4.18. The van der Waals surface area contributed by atoms with Gasteiger partial charge in [0.25, 0.3) is 0 Å². The van der Waals surface area contributed by atoms with Crippen molar-refractivity contribution in [2.75, 3.05) is 13.2 Å². The lowest BCUT2D eigenvalue weighted by Crippen LogP contribution is -2.48. The van der Waals surface area contributed by atoms with E-state index in [9.17, 15) is 18.3 Å². The van der Waals surface area contributed by atoms with E-state index in [1.807, 2.05) is 30.3 Å². The summed E-state index contributed by atoms with van der Waals surface area (Å²) in [6.45, 7) is 1.97. The fourth-order valence-corrected chi connectivity index (χ4v) is 4.18. The lowest BCUT2D eigenvalue weighted by Gasteiger charge is -2.43. The molecule has 0 aromatic heterocycles. The van der Waals surface area contributed by atoms with Gasteiger partial charge >= 0.3 is 6.18 Å². The van der Waals surface area contributed by atoms with E-state index in [0.29, 0.717) is 24.2 Å². The summed E-state index contributed by atoms with van der Waals surface area (Å²) in [6, 6.07) is 16.8. The molecule has 0 spiro atoms. The molecule has 0 unspecified atom stereocenters. The van der Waals surface area contributed by atoms with Gasteiger partial charge in [0.05, 0.1) is 30.9 Å². The average molecular weight is 460 g/mol. The third kappa shape index (κ3) is 5.00. The second-order valence-corrected chi connectivity index (χ2v) is 9.07. The van der Waals surface area contributed by atoms with Gasteiger partial charge in [0.1, 0.15) is 11.4 Å². The minimum Gasteiger partial charge on any atom is -0.484 e. The van der Waals surface area contributed by atoms with Crippen LogP contribution in [0.3, 0.4) is 0 Å². The van der Waals surface area contributed by atoms with Crippen LogP contribution in [0.25, 0.3) is 10.8 Å². The van der Waals surface area contributed by atoms with Crippen LogP contribution in [0.4, 0.5) is 13.2 Å². The molecule has 4 rings (SSSR count). The van der Waals surface area contributed by atoms with Crippen LogP contribution in [0.1, 0.15) is 42.9 Å². The van der Waals surface area contributed by atoms with E-state index in [-0.39, 0.29) is 17.7 Å². The minimum atomic E-state index is -4.51. The van der Waals surface area contributed by atoms with E-state index < -0.39 is 22.9 Å². The Kier molecular flexibility index (Phi) is 6.40. The first-order valence-electron chi connectivity index (χ1n) is 11.0. The highest BCUT2D eigenvalue weighted by Crippen LogP contribution is 2.43. The SMILES string of the molecule is C[C@](N)(CO)c1cc2cccc(C(F)(F)F)c2cc1OC1(COCc2ccccc2)CCC1. The largest absolute Gasteiger partial charge is 0.484 e. The number of nitrogens with two attached hydrogens (primary N) is 1. The lowest BCUT2D eigenvalue weighted by atomic mass is 9.80. The van der Waals surface area contributed by atoms with Crippen molar-refractivity contribution in [3.8, 4) is 5.75 Å². The number of halogens is 3. The number of benzene rings is 3. The average Bonchev–Trinajstić information content (AvgIpc) is 2.76. The molecule has 3 N–H and O–H groups in total. The molecule has 7 heteroatoms. The molecule has 33 heavy (non-hydrogen) atoms. The third-order valence-electron chi connectivity index (χ3n) is 6.30. The van der Waals surface area contributed by atoms with Crippen LogP contribution in [0.15, 0.2) is 60.7 Å². The molecule has 1 atom stereocenters. The van der Waals surface area contributed by atoms with E-state index >= 15 is 0 Å². The standard InChI is InChI=1S/C26H28F3NO3/c1-24(30,16-31)22-13-19-9-5-10-21(26(27,28)29)20(19)14-23(22)33-25(11-6-12-25)17-32-15-18-7-3-2-4-8-18/h2-5,7-10,13-14,31H,6,11-12,15-17,30H2,1H3/t24-/m0/s1. The highest BCUT2D eigenvalue weighted by molar-refractivity contribution is 5.89. The molecule has 176 valence electrons. The normalized spacial score (nSPS) is 17.4. The van der Waals surface area contributed by atoms with Crippen LogP contribution < -0.4 is 10.5 Å². The highest BCUT2D eigenvalue weighted by atomic mass is 19.4. The molecule has 1 aliphatic rings. The van der Waals surface area contributed by atoms with Gasteiger partial charge in [-0.15, -0.1) is 0 Å². The zero-order chi connectivity index (χ0) is 23.7. The maximum atomic E-state index is 13.7. The van der Waals surface area contributed by atoms with E-state index in [1.165, 1.54) is 12.1 Å². The lowest BCUT2D eigenvalue weighted by molar-refractivity contribution is -0.136. The second kappa shape index (κ2) is 8.97. The van der Waals surface area contributed by atoms with Crippen molar-refractivity contribution in [2.45, 2.75) is 50.1 Å². The Morgan fingerprint density at radius 1 is 1.00 bits per heavy atom. The minimum absolute atomic E-state index is 0.0390. The Bertz CT molecular complexity index is 1110. The summed E-state index contributed by atoms with van der Waals surface area (Å²) >= 11 is 0. The molecule has 0 amide bonds. The predicted octanol–water partition coefficient (Wildman–Crippen LogP) is 5.54. The first kappa shape index (κ1) is 23.5. The van der Waals surface area contributed by atoms with Crippen LogP contribution in [-0.2, 0) is 23.1 Å². The Morgan fingerprint density at radius 3 is 2.33 bits per heavy atom. The zero-order valence-electron chi connectivity index (χ0n) is 18.5. The number of fused-ring (bicyclic) bond motifs is 1. The number of hydrogen-bond donors (Lipinski definition) is 2. The maximum absolute atomic E-state index is 13.7. The summed E-state index contributed by atoms with van der Waals surface area (Å²) in [5, 5.41) is 10.3. The van der Waals surface area contributed by atoms with E-state index in [4.69, 9.17) is 15.2 Å². The highest BCUT2D eigenvalue weighted by Gasteiger charge is 2.42. The van der Waals surface area contributed by atoms with E-state index in [1.54, 1.807) is 19.1 Å². The van der Waals surface area contributed by atoms with Crippen LogP contribution in [-0.4, -0.2) is 23.9 Å². The third-order valence-corrected chi connectivity index (χ3v) is 6.30. The number of aliphatic hydroxyl groups excluding tert-OH is 1. The molecule has 3 aromatic carbocycles. The molecule has 0 aliphatic heterocycles. The first-order valence-corrected chi connectivity index (χ1v) is 11.0. The van der Waals surface area contributed by atoms with Gasteiger partial charge in [-0.1, -0.05) is 42.5 Å². The Labute approximate surface area is 191 Å². The number of alkyl halides is 3. The number of aliphatic hydroxyl groups is 1. The van der Waals surface area contributed by atoms with Crippen LogP contribution >= 0.6 is 0 Å². The summed E-state index contributed by atoms with van der Waals surface area (Å²) < 4.78 is 53.3. The van der Waals surface area contributed by atoms with Gasteiger partial charge in [0, 0.05) is 5.56 Å². The molecule has 0 radical (unpaired) electrons. The summed E-state index contributed by atoms with van der Waals surface area (Å²) in [7, 11) is 0. The zero-order valence-corrected chi connectivity index (χ0v) is 18.5. The monoisotopic (exact) mass is 459 g/mol. The van der Waals surface area contributed by atoms with E-state index in [0.717, 1.165) is 30.9 Å². The van der Waals surface area contributed by atoms with Gasteiger partial charge < -0.3 is 20.3 Å². The molecule has 1 fully saturated rings. The summed E-state index contributed by atoms with van der Waals surface area (Å²) in [4.78, 5) is 0. The van der Waals surface area contributed by atoms with Crippen LogP contribution in [0.5, 0.6) is 5.75 Å². The van der Waals surface area contributed by atoms with Crippen molar-refractivity contribution in [2.24, 2.45) is 5.73 Å². The molecule has 4 nitrogen and oxygen atoms in total. The summed E-state index contributed by atoms with van der Waals surface area (Å²) in [5.74, 6) is 0.251. The topological polar surface area (TPSA) is 64.7 Å². The van der Waals surface area contributed by atoms with Gasteiger partial charge in [0.15, 0.2) is 0 Å². The molecular formula is C26H28F3NO3. The van der Waals surface area contributed by atoms with Gasteiger partial charge in [-0.2, -0.15) is 13.2 Å². The van der Waals surface area contributed by atoms with Gasteiger partial charge in [-0.05, 0) is 60.7 Å². The molecule has 1 aliphatic carbocycles. The Morgan fingerprint density at radius 2 is 1.73 bits per heavy atom. The molecule has 0 heterocycles. The summed E-state index contributed by atoms with van der Waals surface area (Å²) in [6.07, 6.45) is -2.12. The van der Waals surface area contributed by atoms with Crippen LogP contribution in [0, 0.1) is 0 Å². The van der Waals surface area contributed by atoms with E-state index in [2.05, 4.69) is 0 Å².